The summed E-state index contributed by atoms with van der Waals surface area (Å²) in [5.74, 6) is -0.481. The van der Waals surface area contributed by atoms with Gasteiger partial charge in [0.25, 0.3) is 0 Å². The highest BCUT2D eigenvalue weighted by atomic mass is 35.5. The molecule has 1 aromatic rings. The molecule has 0 aliphatic carbocycles. The fraction of sp³-hybridized carbons (Fsp3) is 0.583. The highest BCUT2D eigenvalue weighted by molar-refractivity contribution is 6.29. The summed E-state index contributed by atoms with van der Waals surface area (Å²) in [6.45, 7) is 6.99. The Balaban J connectivity index is 1.98. The predicted molar refractivity (Wildman–Crippen MR) is 67.4 cm³/mol. The van der Waals surface area contributed by atoms with Gasteiger partial charge in [-0.25, -0.2) is 4.98 Å². The number of halogens is 1. The van der Waals surface area contributed by atoms with Crippen LogP contribution in [0.3, 0.4) is 0 Å². The molecule has 0 atom stereocenters. The van der Waals surface area contributed by atoms with Crippen molar-refractivity contribution in [2.45, 2.75) is 32.6 Å². The molecule has 2 rings (SSSR count). The Labute approximate surface area is 106 Å². The van der Waals surface area contributed by atoms with Gasteiger partial charge in [0.1, 0.15) is 5.15 Å². The third-order valence-corrected chi connectivity index (χ3v) is 2.89. The molecule has 0 radical (unpaired) electrons. The normalized spacial score (nSPS) is 20.2. The van der Waals surface area contributed by atoms with Crippen LogP contribution in [-0.2, 0) is 9.47 Å². The molecule has 0 aromatic carbocycles. The lowest BCUT2D eigenvalue weighted by atomic mass is 10.2. The summed E-state index contributed by atoms with van der Waals surface area (Å²) in [5, 5.41) is 3.85. The first kappa shape index (κ1) is 12.6. The minimum atomic E-state index is -0.481. The first-order valence-electron chi connectivity index (χ1n) is 5.64. The van der Waals surface area contributed by atoms with Crippen molar-refractivity contribution >= 4 is 17.3 Å². The summed E-state index contributed by atoms with van der Waals surface area (Å²) in [6.07, 6.45) is 0. The molecule has 0 amide bonds. The number of aryl methyl sites for hydroxylation is 1. The number of hydrogen-bond acceptors (Lipinski definition) is 4. The molecule has 5 heteroatoms. The van der Waals surface area contributed by atoms with E-state index in [-0.39, 0.29) is 6.04 Å². The second-order valence-electron chi connectivity index (χ2n) is 4.63. The van der Waals surface area contributed by atoms with Crippen LogP contribution in [0.5, 0.6) is 0 Å². The van der Waals surface area contributed by atoms with Crippen molar-refractivity contribution in [2.75, 3.05) is 18.5 Å². The van der Waals surface area contributed by atoms with Crippen molar-refractivity contribution < 1.29 is 9.47 Å². The third kappa shape index (κ3) is 3.31. The zero-order valence-electron chi connectivity index (χ0n) is 10.3. The van der Waals surface area contributed by atoms with E-state index in [9.17, 15) is 0 Å². The quantitative estimate of drug-likeness (QED) is 0.826. The SMILES string of the molecule is Cc1nc(Cl)ccc1NC1COC(C)(C)OC1. The second kappa shape index (κ2) is 4.80. The lowest BCUT2D eigenvalue weighted by Gasteiger charge is -2.35. The smallest absolute Gasteiger partial charge is 0.162 e. The van der Waals surface area contributed by atoms with E-state index in [1.54, 1.807) is 6.07 Å². The zero-order chi connectivity index (χ0) is 12.5. The number of pyridine rings is 1. The van der Waals surface area contributed by atoms with E-state index in [0.29, 0.717) is 18.4 Å². The van der Waals surface area contributed by atoms with Crippen LogP contribution in [0.15, 0.2) is 12.1 Å². The summed E-state index contributed by atoms with van der Waals surface area (Å²) in [6, 6.07) is 3.83. The van der Waals surface area contributed by atoms with E-state index in [2.05, 4.69) is 10.3 Å². The van der Waals surface area contributed by atoms with Gasteiger partial charge < -0.3 is 14.8 Å². The Morgan fingerprint density at radius 2 is 2.00 bits per heavy atom. The summed E-state index contributed by atoms with van der Waals surface area (Å²) in [7, 11) is 0. The van der Waals surface area contributed by atoms with Crippen LogP contribution in [0.4, 0.5) is 5.69 Å². The number of hydrogen-bond donors (Lipinski definition) is 1. The van der Waals surface area contributed by atoms with Gasteiger partial charge >= 0.3 is 0 Å². The maximum Gasteiger partial charge on any atom is 0.162 e. The van der Waals surface area contributed by atoms with Crippen molar-refractivity contribution in [1.29, 1.82) is 0 Å². The Hall–Kier alpha value is -0.840. The van der Waals surface area contributed by atoms with Crippen LogP contribution in [-0.4, -0.2) is 30.0 Å². The van der Waals surface area contributed by atoms with Gasteiger partial charge in [-0.15, -0.1) is 0 Å². The molecule has 1 N–H and O–H groups in total. The van der Waals surface area contributed by atoms with Crippen LogP contribution >= 0.6 is 11.6 Å². The van der Waals surface area contributed by atoms with Gasteiger partial charge in [0, 0.05) is 0 Å². The Morgan fingerprint density at radius 3 is 2.59 bits per heavy atom. The van der Waals surface area contributed by atoms with Gasteiger partial charge in [-0.2, -0.15) is 0 Å². The number of anilines is 1. The molecule has 0 unspecified atom stereocenters. The Kier molecular flexibility index (Phi) is 3.56. The molecule has 4 nitrogen and oxygen atoms in total. The first-order chi connectivity index (χ1) is 7.96. The van der Waals surface area contributed by atoms with Crippen LogP contribution in [0.1, 0.15) is 19.5 Å². The Bertz CT molecular complexity index is 399. The standard InChI is InChI=1S/C12H17ClN2O2/c1-8-10(4-5-11(13)14-8)15-9-6-16-12(2,3)17-7-9/h4-5,9,15H,6-7H2,1-3H3. The van der Waals surface area contributed by atoms with E-state index >= 15 is 0 Å². The van der Waals surface area contributed by atoms with Crippen LogP contribution in [0.25, 0.3) is 0 Å². The largest absolute Gasteiger partial charge is 0.376 e. The van der Waals surface area contributed by atoms with Gasteiger partial charge in [-0.05, 0) is 32.9 Å². The van der Waals surface area contributed by atoms with E-state index in [1.165, 1.54) is 0 Å². The first-order valence-corrected chi connectivity index (χ1v) is 6.02. The molecule has 0 spiro atoms. The van der Waals surface area contributed by atoms with Gasteiger partial charge in [0.2, 0.25) is 0 Å². The van der Waals surface area contributed by atoms with E-state index in [0.717, 1.165) is 11.4 Å². The molecule has 94 valence electrons. The molecular weight excluding hydrogens is 240 g/mol. The third-order valence-electron chi connectivity index (χ3n) is 2.68. The summed E-state index contributed by atoms with van der Waals surface area (Å²) in [5.41, 5.74) is 1.84. The van der Waals surface area contributed by atoms with E-state index in [4.69, 9.17) is 21.1 Å². The average molecular weight is 257 g/mol. The summed E-state index contributed by atoms with van der Waals surface area (Å²) >= 11 is 5.81. The maximum atomic E-state index is 5.81. The Morgan fingerprint density at radius 1 is 1.35 bits per heavy atom. The molecule has 2 heterocycles. The van der Waals surface area contributed by atoms with Crippen molar-refractivity contribution in [2.24, 2.45) is 0 Å². The minimum absolute atomic E-state index is 0.143. The van der Waals surface area contributed by atoms with Crippen LogP contribution in [0.2, 0.25) is 5.15 Å². The molecule has 0 saturated carbocycles. The molecule has 1 saturated heterocycles. The second-order valence-corrected chi connectivity index (χ2v) is 5.02. The van der Waals surface area contributed by atoms with Gasteiger partial charge in [-0.1, -0.05) is 11.6 Å². The predicted octanol–water partition coefficient (Wildman–Crippen LogP) is 2.61. The van der Waals surface area contributed by atoms with Crippen LogP contribution < -0.4 is 5.32 Å². The number of ether oxygens (including phenoxy) is 2. The number of nitrogens with zero attached hydrogens (tertiary/aromatic N) is 1. The monoisotopic (exact) mass is 256 g/mol. The van der Waals surface area contributed by atoms with E-state index in [1.807, 2.05) is 26.8 Å². The van der Waals surface area contributed by atoms with E-state index < -0.39 is 5.79 Å². The molecule has 1 aliphatic rings. The average Bonchev–Trinajstić information content (AvgIpc) is 2.25. The molecule has 0 bridgehead atoms. The van der Waals surface area contributed by atoms with Gasteiger partial charge in [0.05, 0.1) is 30.6 Å². The molecule has 1 fully saturated rings. The molecule has 1 aliphatic heterocycles. The fourth-order valence-electron chi connectivity index (χ4n) is 1.68. The fourth-order valence-corrected chi connectivity index (χ4v) is 1.87. The number of aromatic nitrogens is 1. The topological polar surface area (TPSA) is 43.4 Å². The zero-order valence-corrected chi connectivity index (χ0v) is 11.0. The number of rotatable bonds is 2. The van der Waals surface area contributed by atoms with Gasteiger partial charge in [-0.3, -0.25) is 0 Å². The van der Waals surface area contributed by atoms with Crippen molar-refractivity contribution in [3.05, 3.63) is 23.0 Å². The maximum absolute atomic E-state index is 5.81. The highest BCUT2D eigenvalue weighted by Gasteiger charge is 2.28. The van der Waals surface area contributed by atoms with Crippen molar-refractivity contribution in [3.8, 4) is 0 Å². The van der Waals surface area contributed by atoms with Crippen LogP contribution in [0, 0.1) is 6.92 Å². The van der Waals surface area contributed by atoms with Crippen molar-refractivity contribution in [3.63, 3.8) is 0 Å². The highest BCUT2D eigenvalue weighted by Crippen LogP contribution is 2.21. The molecule has 17 heavy (non-hydrogen) atoms. The lowest BCUT2D eigenvalue weighted by molar-refractivity contribution is -0.247. The minimum Gasteiger partial charge on any atom is -0.376 e. The van der Waals surface area contributed by atoms with Crippen molar-refractivity contribution in [1.82, 2.24) is 4.98 Å². The molecule has 1 aromatic heterocycles. The number of nitrogens with one attached hydrogen (secondary N) is 1. The molecular formula is C12H17ClN2O2. The summed E-state index contributed by atoms with van der Waals surface area (Å²) in [4.78, 5) is 4.19. The summed E-state index contributed by atoms with van der Waals surface area (Å²) < 4.78 is 11.2. The van der Waals surface area contributed by atoms with Gasteiger partial charge in [0.15, 0.2) is 5.79 Å². The lowest BCUT2D eigenvalue weighted by Crippen LogP contribution is -2.45.